The fourth-order valence-corrected chi connectivity index (χ4v) is 3.46. The van der Waals surface area contributed by atoms with Crippen LogP contribution in [-0.4, -0.2) is 5.78 Å². The van der Waals surface area contributed by atoms with Crippen molar-refractivity contribution >= 4 is 60.6 Å². The topological polar surface area (TPSA) is 17.1 Å². The fraction of sp³-hybridized carbons (Fsp3) is 0.0833. The number of aryl methyl sites for hydroxylation is 1. The molecular formula is C12H7Br2ClOS. The van der Waals surface area contributed by atoms with Crippen LogP contribution in [0, 0.1) is 6.92 Å². The largest absolute Gasteiger partial charge is 0.288 e. The Hall–Kier alpha value is -0.160. The Kier molecular flexibility index (Phi) is 4.08. The number of rotatable bonds is 2. The third kappa shape index (κ3) is 2.81. The van der Waals surface area contributed by atoms with Crippen molar-refractivity contribution in [3.63, 3.8) is 0 Å². The van der Waals surface area contributed by atoms with Crippen LogP contribution in [0.25, 0.3) is 0 Å². The van der Waals surface area contributed by atoms with Crippen LogP contribution in [0.15, 0.2) is 32.5 Å². The third-order valence-corrected chi connectivity index (χ3v) is 5.32. The first-order valence-electron chi connectivity index (χ1n) is 4.74. The Bertz CT molecular complexity index is 573. The summed E-state index contributed by atoms with van der Waals surface area (Å²) in [5.74, 6) is -0.0156. The van der Waals surface area contributed by atoms with Gasteiger partial charge in [-0.1, -0.05) is 27.5 Å². The minimum atomic E-state index is -0.0156. The molecule has 0 amide bonds. The van der Waals surface area contributed by atoms with E-state index in [2.05, 4.69) is 31.9 Å². The van der Waals surface area contributed by atoms with Crippen LogP contribution < -0.4 is 0 Å². The molecule has 88 valence electrons. The molecule has 1 heterocycles. The fourth-order valence-electron chi connectivity index (χ4n) is 1.38. The Morgan fingerprint density at radius 1 is 1.29 bits per heavy atom. The molecular weight excluding hydrogens is 387 g/mol. The van der Waals surface area contributed by atoms with Crippen LogP contribution in [-0.2, 0) is 0 Å². The van der Waals surface area contributed by atoms with Crippen LogP contribution in [0.1, 0.15) is 20.8 Å². The maximum atomic E-state index is 12.3. The van der Waals surface area contributed by atoms with Gasteiger partial charge in [0, 0.05) is 15.1 Å². The second-order valence-electron chi connectivity index (χ2n) is 3.52. The third-order valence-electron chi connectivity index (χ3n) is 2.25. The molecule has 0 saturated heterocycles. The standard InChI is InChI=1S/C12H7Br2ClOS/c1-6-4-10(17-12(6)14)11(16)8-5-7(15)2-3-9(8)13/h2-5H,1H3. The van der Waals surface area contributed by atoms with Crippen molar-refractivity contribution in [3.05, 3.63) is 53.6 Å². The van der Waals surface area contributed by atoms with E-state index >= 15 is 0 Å². The number of thiophene rings is 1. The lowest BCUT2D eigenvalue weighted by Gasteiger charge is -2.02. The lowest BCUT2D eigenvalue weighted by atomic mass is 10.1. The molecule has 1 aromatic heterocycles. The summed E-state index contributed by atoms with van der Waals surface area (Å²) in [5.41, 5.74) is 1.66. The van der Waals surface area contributed by atoms with Gasteiger partial charge in [0.05, 0.1) is 8.66 Å². The number of ketones is 1. The summed E-state index contributed by atoms with van der Waals surface area (Å²) < 4.78 is 1.74. The minimum absolute atomic E-state index is 0.0156. The molecule has 2 rings (SSSR count). The summed E-state index contributed by atoms with van der Waals surface area (Å²) in [6, 6.07) is 7.09. The van der Waals surface area contributed by atoms with E-state index in [1.54, 1.807) is 18.2 Å². The van der Waals surface area contributed by atoms with E-state index in [9.17, 15) is 4.79 Å². The molecule has 0 bridgehead atoms. The molecule has 17 heavy (non-hydrogen) atoms. The van der Waals surface area contributed by atoms with Gasteiger partial charge in [0.2, 0.25) is 5.78 Å². The minimum Gasteiger partial charge on any atom is -0.288 e. The van der Waals surface area contributed by atoms with E-state index in [-0.39, 0.29) is 5.78 Å². The van der Waals surface area contributed by atoms with Gasteiger partial charge in [0.1, 0.15) is 0 Å². The number of halogens is 3. The first-order chi connectivity index (χ1) is 7.99. The van der Waals surface area contributed by atoms with Crippen molar-refractivity contribution in [1.82, 2.24) is 0 Å². The Labute approximate surface area is 125 Å². The highest BCUT2D eigenvalue weighted by atomic mass is 79.9. The lowest BCUT2D eigenvalue weighted by molar-refractivity contribution is 0.104. The van der Waals surface area contributed by atoms with E-state index in [1.165, 1.54) is 11.3 Å². The van der Waals surface area contributed by atoms with Gasteiger partial charge < -0.3 is 0 Å². The maximum Gasteiger partial charge on any atom is 0.204 e. The first kappa shape index (κ1) is 13.3. The van der Waals surface area contributed by atoms with Gasteiger partial charge >= 0.3 is 0 Å². The van der Waals surface area contributed by atoms with Crippen molar-refractivity contribution < 1.29 is 4.79 Å². The van der Waals surface area contributed by atoms with Gasteiger partial charge in [0.25, 0.3) is 0 Å². The SMILES string of the molecule is Cc1cc(C(=O)c2cc(Cl)ccc2Br)sc1Br. The predicted octanol–water partition coefficient (Wildman–Crippen LogP) is 5.47. The van der Waals surface area contributed by atoms with Gasteiger partial charge in [-0.2, -0.15) is 0 Å². The van der Waals surface area contributed by atoms with Crippen LogP contribution >= 0.6 is 54.8 Å². The molecule has 5 heteroatoms. The van der Waals surface area contributed by atoms with Crippen LogP contribution in [0.2, 0.25) is 5.02 Å². The average Bonchev–Trinajstić information content (AvgIpc) is 2.62. The highest BCUT2D eigenvalue weighted by Gasteiger charge is 2.16. The van der Waals surface area contributed by atoms with Crippen molar-refractivity contribution in [2.45, 2.75) is 6.92 Å². The second-order valence-corrected chi connectivity index (χ2v) is 7.18. The van der Waals surface area contributed by atoms with Crippen molar-refractivity contribution in [3.8, 4) is 0 Å². The highest BCUT2D eigenvalue weighted by Crippen LogP contribution is 2.31. The summed E-state index contributed by atoms with van der Waals surface area (Å²) in [6.45, 7) is 1.96. The summed E-state index contributed by atoms with van der Waals surface area (Å²) >= 11 is 14.1. The number of benzene rings is 1. The first-order valence-corrected chi connectivity index (χ1v) is 7.53. The monoisotopic (exact) mass is 392 g/mol. The quantitative estimate of drug-likeness (QED) is 0.618. The normalized spacial score (nSPS) is 10.6. The Morgan fingerprint density at radius 3 is 2.59 bits per heavy atom. The smallest absolute Gasteiger partial charge is 0.204 e. The van der Waals surface area contributed by atoms with Gasteiger partial charge in [0.15, 0.2) is 0 Å². The molecule has 2 aromatic rings. The summed E-state index contributed by atoms with van der Waals surface area (Å²) in [5, 5.41) is 0.559. The van der Waals surface area contributed by atoms with E-state index < -0.39 is 0 Å². The zero-order valence-corrected chi connectivity index (χ0v) is 13.5. The van der Waals surface area contributed by atoms with Gasteiger partial charge in [-0.25, -0.2) is 0 Å². The van der Waals surface area contributed by atoms with Gasteiger partial charge in [-0.3, -0.25) is 4.79 Å². The predicted molar refractivity (Wildman–Crippen MR) is 79.3 cm³/mol. The van der Waals surface area contributed by atoms with Crippen molar-refractivity contribution in [2.75, 3.05) is 0 Å². The molecule has 0 unspecified atom stereocenters. The van der Waals surface area contributed by atoms with Crippen LogP contribution in [0.3, 0.4) is 0 Å². The molecule has 0 saturated carbocycles. The Balaban J connectivity index is 2.47. The van der Waals surface area contributed by atoms with E-state index in [0.29, 0.717) is 15.5 Å². The van der Waals surface area contributed by atoms with E-state index in [1.807, 2.05) is 13.0 Å². The maximum absolute atomic E-state index is 12.3. The Morgan fingerprint density at radius 2 is 2.00 bits per heavy atom. The molecule has 0 aliphatic rings. The zero-order chi connectivity index (χ0) is 12.6. The average molecular weight is 395 g/mol. The van der Waals surface area contributed by atoms with Gasteiger partial charge in [-0.15, -0.1) is 11.3 Å². The molecule has 0 radical (unpaired) electrons. The highest BCUT2D eigenvalue weighted by molar-refractivity contribution is 9.11. The lowest BCUT2D eigenvalue weighted by Crippen LogP contribution is -1.99. The molecule has 1 nitrogen and oxygen atoms in total. The molecule has 0 spiro atoms. The molecule has 0 atom stereocenters. The zero-order valence-electron chi connectivity index (χ0n) is 8.76. The number of carbonyl (C=O) groups excluding carboxylic acids is 1. The number of hydrogen-bond acceptors (Lipinski definition) is 2. The molecule has 0 aliphatic heterocycles. The van der Waals surface area contributed by atoms with E-state index in [4.69, 9.17) is 11.6 Å². The summed E-state index contributed by atoms with van der Waals surface area (Å²) in [7, 11) is 0. The molecule has 0 fully saturated rings. The molecule has 0 aliphatic carbocycles. The van der Waals surface area contributed by atoms with E-state index in [0.717, 1.165) is 13.8 Å². The van der Waals surface area contributed by atoms with Crippen molar-refractivity contribution in [2.24, 2.45) is 0 Å². The van der Waals surface area contributed by atoms with Crippen LogP contribution in [0.5, 0.6) is 0 Å². The molecule has 1 aromatic carbocycles. The van der Waals surface area contributed by atoms with Crippen LogP contribution in [0.4, 0.5) is 0 Å². The van der Waals surface area contributed by atoms with Gasteiger partial charge in [-0.05, 0) is 52.7 Å². The summed E-state index contributed by atoms with van der Waals surface area (Å²) in [6.07, 6.45) is 0. The molecule has 0 N–H and O–H groups in total. The van der Waals surface area contributed by atoms with Crippen molar-refractivity contribution in [1.29, 1.82) is 0 Å². The second kappa shape index (κ2) is 5.22. The summed E-state index contributed by atoms with van der Waals surface area (Å²) in [4.78, 5) is 13.0. The number of hydrogen-bond donors (Lipinski definition) is 0. The number of carbonyl (C=O) groups is 1.